The van der Waals surface area contributed by atoms with Gasteiger partial charge in [-0.2, -0.15) is 0 Å². The summed E-state index contributed by atoms with van der Waals surface area (Å²) < 4.78 is 11.6. The van der Waals surface area contributed by atoms with E-state index in [4.69, 9.17) is 0 Å². The summed E-state index contributed by atoms with van der Waals surface area (Å²) in [7, 11) is -1.20. The zero-order chi connectivity index (χ0) is 10.8. The van der Waals surface area contributed by atoms with Crippen LogP contribution in [0.4, 0.5) is 0 Å². The number of fused-ring (bicyclic) bond motifs is 1. The van der Waals surface area contributed by atoms with Crippen molar-refractivity contribution in [2.75, 3.05) is 5.75 Å². The molecule has 4 heteroatoms. The van der Waals surface area contributed by atoms with Gasteiger partial charge in [0.25, 0.3) is 0 Å². The van der Waals surface area contributed by atoms with Crippen LogP contribution in [-0.4, -0.2) is 14.9 Å². The Labute approximate surface area is 89.6 Å². The summed E-state index contributed by atoms with van der Waals surface area (Å²) in [4.78, 5) is 15.3. The molecule has 1 atom stereocenters. The molecule has 1 aromatic heterocycles. The third-order valence-corrected chi connectivity index (χ3v) is 3.58. The Morgan fingerprint density at radius 3 is 2.80 bits per heavy atom. The number of para-hydroxylation sites is 1. The molecule has 78 valence electrons. The molecule has 0 saturated carbocycles. The van der Waals surface area contributed by atoms with Crippen molar-refractivity contribution >= 4 is 21.7 Å². The SMILES string of the molecule is CCS(=O)c1c[nH]c2ccccc2c1=O. The first kappa shape index (κ1) is 10.1. The Kier molecular flexibility index (Phi) is 2.68. The first-order valence-electron chi connectivity index (χ1n) is 4.73. The van der Waals surface area contributed by atoms with Crippen molar-refractivity contribution in [3.63, 3.8) is 0 Å². The highest BCUT2D eigenvalue weighted by Gasteiger charge is 2.08. The molecule has 15 heavy (non-hydrogen) atoms. The standard InChI is InChI=1S/C11H11NO2S/c1-2-15(14)10-7-12-9-6-4-3-5-8(9)11(10)13/h3-7H,2H2,1H3,(H,12,13). The number of aromatic amines is 1. The molecule has 1 unspecified atom stereocenters. The van der Waals surface area contributed by atoms with Crippen LogP contribution >= 0.6 is 0 Å². The zero-order valence-corrected chi connectivity index (χ0v) is 9.14. The number of benzene rings is 1. The summed E-state index contributed by atoms with van der Waals surface area (Å²) in [6.45, 7) is 1.80. The Bertz CT molecular complexity index is 574. The van der Waals surface area contributed by atoms with E-state index in [0.29, 0.717) is 16.0 Å². The van der Waals surface area contributed by atoms with Gasteiger partial charge in [0.2, 0.25) is 5.43 Å². The van der Waals surface area contributed by atoms with E-state index < -0.39 is 10.8 Å². The average Bonchev–Trinajstić information content (AvgIpc) is 2.29. The van der Waals surface area contributed by atoms with Gasteiger partial charge in [0, 0.05) is 22.9 Å². The molecule has 0 saturated heterocycles. The minimum atomic E-state index is -1.20. The van der Waals surface area contributed by atoms with Crippen LogP contribution in [-0.2, 0) is 10.8 Å². The quantitative estimate of drug-likeness (QED) is 0.838. The maximum Gasteiger partial charge on any atom is 0.205 e. The molecule has 1 heterocycles. The van der Waals surface area contributed by atoms with Gasteiger partial charge in [-0.15, -0.1) is 0 Å². The minimum Gasteiger partial charge on any atom is -0.360 e. The van der Waals surface area contributed by atoms with Crippen LogP contribution in [0.15, 0.2) is 40.2 Å². The molecule has 1 N–H and O–H groups in total. The van der Waals surface area contributed by atoms with Crippen LogP contribution in [0, 0.1) is 0 Å². The minimum absolute atomic E-state index is 0.135. The van der Waals surface area contributed by atoms with E-state index in [1.165, 1.54) is 0 Å². The van der Waals surface area contributed by atoms with Crippen molar-refractivity contribution in [3.05, 3.63) is 40.7 Å². The fourth-order valence-electron chi connectivity index (χ4n) is 1.47. The summed E-state index contributed by atoms with van der Waals surface area (Å²) in [5.74, 6) is 0.460. The molecule has 2 aromatic rings. The lowest BCUT2D eigenvalue weighted by Crippen LogP contribution is -2.12. The maximum absolute atomic E-state index is 11.9. The highest BCUT2D eigenvalue weighted by atomic mass is 32.2. The van der Waals surface area contributed by atoms with Crippen LogP contribution in [0.1, 0.15) is 6.92 Å². The number of hydrogen-bond acceptors (Lipinski definition) is 2. The van der Waals surface area contributed by atoms with Crippen LogP contribution in [0.5, 0.6) is 0 Å². The second-order valence-corrected chi connectivity index (χ2v) is 4.87. The van der Waals surface area contributed by atoms with Gasteiger partial charge in [0.15, 0.2) is 0 Å². The van der Waals surface area contributed by atoms with E-state index >= 15 is 0 Å². The normalized spacial score (nSPS) is 12.9. The van der Waals surface area contributed by atoms with E-state index in [2.05, 4.69) is 4.98 Å². The van der Waals surface area contributed by atoms with Crippen LogP contribution in [0.3, 0.4) is 0 Å². The Morgan fingerprint density at radius 1 is 1.33 bits per heavy atom. The van der Waals surface area contributed by atoms with Crippen molar-refractivity contribution in [3.8, 4) is 0 Å². The molecule has 2 rings (SSSR count). The van der Waals surface area contributed by atoms with E-state index in [9.17, 15) is 9.00 Å². The Morgan fingerprint density at radius 2 is 2.07 bits per heavy atom. The largest absolute Gasteiger partial charge is 0.360 e. The van der Waals surface area contributed by atoms with Crippen molar-refractivity contribution in [2.45, 2.75) is 11.8 Å². The molecule has 0 radical (unpaired) electrons. The second kappa shape index (κ2) is 3.98. The summed E-state index contributed by atoms with van der Waals surface area (Å²) in [6.07, 6.45) is 1.55. The number of rotatable bonds is 2. The van der Waals surface area contributed by atoms with Gasteiger partial charge in [-0.25, -0.2) is 0 Å². The molecule has 3 nitrogen and oxygen atoms in total. The molecule has 0 fully saturated rings. The fourth-order valence-corrected chi connectivity index (χ4v) is 2.29. The topological polar surface area (TPSA) is 49.9 Å². The molecule has 0 spiro atoms. The van der Waals surface area contributed by atoms with E-state index in [0.717, 1.165) is 5.52 Å². The number of aromatic nitrogens is 1. The number of H-pyrrole nitrogens is 1. The lowest BCUT2D eigenvalue weighted by molar-refractivity contribution is 0.683. The number of hydrogen-bond donors (Lipinski definition) is 1. The third kappa shape index (κ3) is 1.72. The Balaban J connectivity index is 2.76. The number of nitrogens with one attached hydrogen (secondary N) is 1. The third-order valence-electron chi connectivity index (χ3n) is 2.26. The molecule has 0 amide bonds. The van der Waals surface area contributed by atoms with Gasteiger partial charge < -0.3 is 4.98 Å². The molecule has 1 aromatic carbocycles. The van der Waals surface area contributed by atoms with Gasteiger partial charge in [0.05, 0.1) is 10.8 Å². The fraction of sp³-hybridized carbons (Fsp3) is 0.182. The molecule has 0 aliphatic rings. The van der Waals surface area contributed by atoms with Crippen molar-refractivity contribution in [1.82, 2.24) is 4.98 Å². The first-order valence-corrected chi connectivity index (χ1v) is 6.04. The van der Waals surface area contributed by atoms with Gasteiger partial charge in [-0.05, 0) is 12.1 Å². The average molecular weight is 221 g/mol. The van der Waals surface area contributed by atoms with Gasteiger partial charge in [0.1, 0.15) is 4.90 Å². The van der Waals surface area contributed by atoms with Crippen molar-refractivity contribution in [2.24, 2.45) is 0 Å². The van der Waals surface area contributed by atoms with Gasteiger partial charge >= 0.3 is 0 Å². The van der Waals surface area contributed by atoms with Crippen LogP contribution in [0.25, 0.3) is 10.9 Å². The first-order chi connectivity index (χ1) is 7.24. The maximum atomic E-state index is 11.9. The zero-order valence-electron chi connectivity index (χ0n) is 8.32. The predicted molar refractivity (Wildman–Crippen MR) is 61.5 cm³/mol. The summed E-state index contributed by atoms with van der Waals surface area (Å²) >= 11 is 0. The van der Waals surface area contributed by atoms with E-state index in [1.54, 1.807) is 25.3 Å². The van der Waals surface area contributed by atoms with E-state index in [1.807, 2.05) is 12.1 Å². The molecule has 0 aliphatic heterocycles. The van der Waals surface area contributed by atoms with Gasteiger partial charge in [-0.3, -0.25) is 9.00 Å². The molecule has 0 aliphatic carbocycles. The summed E-state index contributed by atoms with van der Waals surface area (Å²) in [6, 6.07) is 7.23. The lowest BCUT2D eigenvalue weighted by atomic mass is 10.2. The summed E-state index contributed by atoms with van der Waals surface area (Å²) in [5.41, 5.74) is 0.642. The highest BCUT2D eigenvalue weighted by molar-refractivity contribution is 7.85. The van der Waals surface area contributed by atoms with Gasteiger partial charge in [-0.1, -0.05) is 19.1 Å². The smallest absolute Gasteiger partial charge is 0.205 e. The van der Waals surface area contributed by atoms with Crippen molar-refractivity contribution in [1.29, 1.82) is 0 Å². The van der Waals surface area contributed by atoms with E-state index in [-0.39, 0.29) is 5.43 Å². The van der Waals surface area contributed by atoms with Crippen molar-refractivity contribution < 1.29 is 4.21 Å². The van der Waals surface area contributed by atoms with Crippen LogP contribution in [0.2, 0.25) is 0 Å². The molecule has 0 bridgehead atoms. The Hall–Kier alpha value is -1.42. The predicted octanol–water partition coefficient (Wildman–Crippen LogP) is 1.66. The highest BCUT2D eigenvalue weighted by Crippen LogP contribution is 2.09. The monoisotopic (exact) mass is 221 g/mol. The van der Waals surface area contributed by atoms with Crippen LogP contribution < -0.4 is 5.43 Å². The summed E-state index contributed by atoms with van der Waals surface area (Å²) in [5, 5.41) is 0.594. The molecular weight excluding hydrogens is 210 g/mol. The lowest BCUT2D eigenvalue weighted by Gasteiger charge is -2.01. The number of pyridine rings is 1. The molecular formula is C11H11NO2S. The second-order valence-electron chi connectivity index (χ2n) is 3.16.